The second-order valence-corrected chi connectivity index (χ2v) is 13.0. The van der Waals surface area contributed by atoms with Crippen LogP contribution in [0.5, 0.6) is 0 Å². The summed E-state index contributed by atoms with van der Waals surface area (Å²) in [5, 5.41) is 3.67. The molecule has 204 valence electrons. The first-order valence-corrected chi connectivity index (χ1v) is 15.5. The Morgan fingerprint density at radius 1 is 1.15 bits per heavy atom. The molecule has 0 bridgehead atoms. The van der Waals surface area contributed by atoms with Gasteiger partial charge in [-0.15, -0.1) is 11.3 Å². The number of amides is 1. The summed E-state index contributed by atoms with van der Waals surface area (Å²) < 4.78 is 34.4. The van der Waals surface area contributed by atoms with Crippen molar-refractivity contribution in [3.8, 4) is 0 Å². The van der Waals surface area contributed by atoms with Gasteiger partial charge in [0.1, 0.15) is 4.90 Å². The molecule has 3 heterocycles. The zero-order chi connectivity index (χ0) is 27.6. The van der Waals surface area contributed by atoms with Gasteiger partial charge in [-0.05, 0) is 59.7 Å². The zero-order valence-corrected chi connectivity index (χ0v) is 24.4. The van der Waals surface area contributed by atoms with Gasteiger partial charge >= 0.3 is 0 Å². The number of carbonyl (C=O) groups is 1. The molecule has 39 heavy (non-hydrogen) atoms. The van der Waals surface area contributed by atoms with E-state index >= 15 is 0 Å². The van der Waals surface area contributed by atoms with Crippen LogP contribution in [0.15, 0.2) is 71.1 Å². The van der Waals surface area contributed by atoms with Gasteiger partial charge in [0.05, 0.1) is 18.1 Å². The Bertz CT molecular complexity index is 1600. The molecule has 2 aromatic carbocycles. The summed E-state index contributed by atoms with van der Waals surface area (Å²) in [7, 11) is -2.50. The zero-order valence-electron chi connectivity index (χ0n) is 21.2. The van der Waals surface area contributed by atoms with Crippen LogP contribution in [0, 0.1) is 0 Å². The van der Waals surface area contributed by atoms with Crippen molar-refractivity contribution in [3.63, 3.8) is 0 Å². The maximum atomic E-state index is 14.0. The summed E-state index contributed by atoms with van der Waals surface area (Å²) in [6.45, 7) is 0.599. The van der Waals surface area contributed by atoms with Crippen molar-refractivity contribution in [2.45, 2.75) is 23.8 Å². The van der Waals surface area contributed by atoms with Crippen LogP contribution in [0.25, 0.3) is 10.9 Å². The number of thiophene rings is 1. The number of methoxy groups -OCH3 is 1. The predicted molar refractivity (Wildman–Crippen MR) is 155 cm³/mol. The Balaban J connectivity index is 1.51. The van der Waals surface area contributed by atoms with Crippen LogP contribution in [0.4, 0.5) is 0 Å². The predicted octanol–water partition coefficient (Wildman–Crippen LogP) is 5.80. The van der Waals surface area contributed by atoms with Crippen molar-refractivity contribution in [2.24, 2.45) is 0 Å². The van der Waals surface area contributed by atoms with E-state index in [0.717, 1.165) is 11.1 Å². The Kier molecular flexibility index (Phi) is 8.56. The molecular weight excluding hydrogens is 577 g/mol. The van der Waals surface area contributed by atoms with Crippen LogP contribution in [0.1, 0.15) is 28.5 Å². The van der Waals surface area contributed by atoms with E-state index in [-0.39, 0.29) is 23.9 Å². The second-order valence-electron chi connectivity index (χ2n) is 9.22. The third kappa shape index (κ3) is 5.70. The van der Waals surface area contributed by atoms with Gasteiger partial charge in [-0.2, -0.15) is 4.31 Å². The third-order valence-electron chi connectivity index (χ3n) is 6.82. The lowest BCUT2D eigenvalue weighted by Crippen LogP contribution is -2.47. The van der Waals surface area contributed by atoms with Crippen LogP contribution in [-0.4, -0.2) is 61.9 Å². The average Bonchev–Trinajstić information content (AvgIpc) is 3.41. The highest BCUT2D eigenvalue weighted by atomic mass is 35.5. The summed E-state index contributed by atoms with van der Waals surface area (Å²) in [6, 6.07) is 15.4. The van der Waals surface area contributed by atoms with Crippen LogP contribution >= 0.6 is 34.5 Å². The molecule has 0 radical (unpaired) electrons. The van der Waals surface area contributed by atoms with E-state index in [1.807, 2.05) is 29.6 Å². The van der Waals surface area contributed by atoms with Gasteiger partial charge in [-0.1, -0.05) is 47.5 Å². The van der Waals surface area contributed by atoms with E-state index in [9.17, 15) is 13.2 Å². The molecule has 0 spiro atoms. The van der Waals surface area contributed by atoms with Crippen molar-refractivity contribution in [1.29, 1.82) is 0 Å². The number of ether oxygens (including phenoxy) is 1. The summed E-state index contributed by atoms with van der Waals surface area (Å²) in [5.74, 6) is -0.308. The molecule has 1 amide bonds. The number of benzene rings is 2. The fourth-order valence-electron chi connectivity index (χ4n) is 4.98. The lowest BCUT2D eigenvalue weighted by atomic mass is 9.93. The topological polar surface area (TPSA) is 79.8 Å². The molecule has 11 heteroatoms. The lowest BCUT2D eigenvalue weighted by molar-refractivity contribution is -0.133. The Hall–Kier alpha value is -2.53. The molecule has 7 nitrogen and oxygen atoms in total. The number of halogens is 2. The number of fused-ring (bicyclic) bond motifs is 2. The van der Waals surface area contributed by atoms with Gasteiger partial charge in [0.15, 0.2) is 0 Å². The standard InChI is InChI=1S/C28H27Cl2N3O4S2/c1-37-15-4-13-32(39(35,36)25-7-2-5-19-6-3-12-31-27(19)25)18-26(34)33-14-10-24-22(11-16-38-24)28(33)21-9-8-20(29)17-23(21)30/h2-3,5-9,11-12,16-17,28H,4,10,13-15,18H2,1H3/t28-/m0/s1. The van der Waals surface area contributed by atoms with Crippen LogP contribution in [0.3, 0.4) is 0 Å². The molecule has 0 saturated carbocycles. The van der Waals surface area contributed by atoms with Crippen LogP contribution in [0.2, 0.25) is 10.0 Å². The van der Waals surface area contributed by atoms with Gasteiger partial charge in [0.2, 0.25) is 15.9 Å². The molecule has 0 unspecified atom stereocenters. The number of rotatable bonds is 9. The minimum atomic E-state index is -4.06. The first-order chi connectivity index (χ1) is 18.8. The van der Waals surface area contributed by atoms with Gasteiger partial charge in [-0.25, -0.2) is 8.42 Å². The number of pyridine rings is 1. The van der Waals surface area contributed by atoms with E-state index in [1.54, 1.807) is 53.8 Å². The largest absolute Gasteiger partial charge is 0.385 e. The Morgan fingerprint density at radius 3 is 2.77 bits per heavy atom. The lowest BCUT2D eigenvalue weighted by Gasteiger charge is -2.38. The number of para-hydroxylation sites is 1. The van der Waals surface area contributed by atoms with E-state index < -0.39 is 16.1 Å². The molecule has 1 atom stereocenters. The van der Waals surface area contributed by atoms with E-state index in [2.05, 4.69) is 4.98 Å². The quantitative estimate of drug-likeness (QED) is 0.226. The molecule has 4 aromatic rings. The molecule has 2 aromatic heterocycles. The van der Waals surface area contributed by atoms with Crippen molar-refractivity contribution in [1.82, 2.24) is 14.2 Å². The molecule has 0 aliphatic carbocycles. The second kappa shape index (κ2) is 11.9. The fraction of sp³-hybridized carbons (Fsp3) is 0.286. The molecule has 0 N–H and O–H groups in total. The van der Waals surface area contributed by atoms with Crippen LogP contribution in [-0.2, 0) is 26.0 Å². The average molecular weight is 605 g/mol. The van der Waals surface area contributed by atoms with Gasteiger partial charge in [0, 0.05) is 53.3 Å². The summed E-state index contributed by atoms with van der Waals surface area (Å²) in [6.07, 6.45) is 2.68. The number of aromatic nitrogens is 1. The molecular formula is C28H27Cl2N3O4S2. The maximum Gasteiger partial charge on any atom is 0.245 e. The maximum absolute atomic E-state index is 14.0. The van der Waals surface area contributed by atoms with Gasteiger partial charge in [-0.3, -0.25) is 9.78 Å². The molecule has 1 aliphatic rings. The van der Waals surface area contributed by atoms with E-state index in [1.165, 1.54) is 15.2 Å². The van der Waals surface area contributed by atoms with E-state index in [4.69, 9.17) is 27.9 Å². The van der Waals surface area contributed by atoms with Gasteiger partial charge < -0.3 is 9.64 Å². The van der Waals surface area contributed by atoms with Crippen LogP contribution < -0.4 is 0 Å². The normalized spacial score (nSPS) is 15.6. The Labute approximate surface area is 242 Å². The number of hydrogen-bond donors (Lipinski definition) is 0. The third-order valence-corrected chi connectivity index (χ3v) is 10.3. The Morgan fingerprint density at radius 2 is 1.97 bits per heavy atom. The minimum absolute atomic E-state index is 0.0712. The first-order valence-electron chi connectivity index (χ1n) is 12.4. The van der Waals surface area contributed by atoms with E-state index in [0.29, 0.717) is 46.9 Å². The smallest absolute Gasteiger partial charge is 0.245 e. The molecule has 5 rings (SSSR count). The highest BCUT2D eigenvalue weighted by Crippen LogP contribution is 2.41. The minimum Gasteiger partial charge on any atom is -0.385 e. The number of sulfonamides is 1. The summed E-state index contributed by atoms with van der Waals surface area (Å²) in [5.41, 5.74) is 2.12. The summed E-state index contributed by atoms with van der Waals surface area (Å²) >= 11 is 14.4. The molecule has 1 aliphatic heterocycles. The SMILES string of the molecule is COCCCN(CC(=O)N1CCc2sccc2[C@@H]1c1ccc(Cl)cc1Cl)S(=O)(=O)c1cccc2cccnc12. The highest BCUT2D eigenvalue weighted by Gasteiger charge is 2.37. The molecule has 0 saturated heterocycles. The number of carbonyl (C=O) groups excluding carboxylic acids is 1. The van der Waals surface area contributed by atoms with Crippen molar-refractivity contribution >= 4 is 61.4 Å². The fourth-order valence-corrected chi connectivity index (χ4v) is 7.99. The number of hydrogen-bond acceptors (Lipinski definition) is 6. The number of nitrogens with zero attached hydrogens (tertiary/aromatic N) is 3. The summed E-state index contributed by atoms with van der Waals surface area (Å²) in [4.78, 5) is 21.3. The van der Waals surface area contributed by atoms with Crippen molar-refractivity contribution in [3.05, 3.63) is 92.2 Å². The monoisotopic (exact) mass is 603 g/mol. The van der Waals surface area contributed by atoms with Crippen molar-refractivity contribution < 1.29 is 17.9 Å². The first kappa shape index (κ1) is 28.0. The van der Waals surface area contributed by atoms with Gasteiger partial charge in [0.25, 0.3) is 0 Å². The molecule has 0 fully saturated rings. The van der Waals surface area contributed by atoms with Crippen molar-refractivity contribution in [2.75, 3.05) is 33.4 Å². The highest BCUT2D eigenvalue weighted by molar-refractivity contribution is 7.89.